The van der Waals surface area contributed by atoms with Crippen LogP contribution in [0.25, 0.3) is 0 Å². The van der Waals surface area contributed by atoms with E-state index in [9.17, 15) is 9.59 Å². The largest absolute Gasteiger partial charge is 0.339 e. The molecule has 2 amide bonds. The fraction of sp³-hybridized carbons (Fsp3) is 0.545. The standard InChI is InChI=1S/C11H16N4O2/c1-8-12-7-10(13-8)11(17)15-5-3-14(4-6-15)9(2)16/h7H,3-6H2,1-2H3,(H,12,13). The second kappa shape index (κ2) is 4.57. The number of hydrogen-bond acceptors (Lipinski definition) is 3. The van der Waals surface area contributed by atoms with Crippen molar-refractivity contribution in [3.63, 3.8) is 0 Å². The van der Waals surface area contributed by atoms with Gasteiger partial charge in [-0.3, -0.25) is 9.59 Å². The lowest BCUT2D eigenvalue weighted by atomic mass is 10.3. The van der Waals surface area contributed by atoms with E-state index in [1.54, 1.807) is 22.9 Å². The molecule has 17 heavy (non-hydrogen) atoms. The number of piperazine rings is 1. The van der Waals surface area contributed by atoms with E-state index in [1.807, 2.05) is 6.92 Å². The number of rotatable bonds is 1. The molecular weight excluding hydrogens is 220 g/mol. The van der Waals surface area contributed by atoms with Gasteiger partial charge in [0.2, 0.25) is 5.91 Å². The number of carbonyl (C=O) groups is 2. The molecule has 6 nitrogen and oxygen atoms in total. The molecule has 1 saturated heterocycles. The number of carbonyl (C=O) groups excluding carboxylic acids is 2. The normalized spacial score (nSPS) is 16.1. The Morgan fingerprint density at radius 3 is 2.29 bits per heavy atom. The summed E-state index contributed by atoms with van der Waals surface area (Å²) in [6.45, 7) is 5.73. The average Bonchev–Trinajstić information content (AvgIpc) is 2.75. The predicted octanol–water partition coefficient (Wildman–Crippen LogP) is 0.0224. The molecule has 0 bridgehead atoms. The van der Waals surface area contributed by atoms with Crippen LogP contribution >= 0.6 is 0 Å². The van der Waals surface area contributed by atoms with Crippen LogP contribution in [0.4, 0.5) is 0 Å². The minimum atomic E-state index is -0.0474. The number of H-pyrrole nitrogens is 1. The molecule has 0 saturated carbocycles. The monoisotopic (exact) mass is 236 g/mol. The van der Waals surface area contributed by atoms with E-state index in [4.69, 9.17) is 0 Å². The molecular formula is C11H16N4O2. The molecule has 92 valence electrons. The first-order chi connectivity index (χ1) is 8.08. The minimum absolute atomic E-state index is 0.0474. The number of imidazole rings is 1. The number of nitrogens with one attached hydrogen (secondary N) is 1. The molecule has 0 aliphatic carbocycles. The molecule has 1 aromatic heterocycles. The van der Waals surface area contributed by atoms with Crippen LogP contribution in [-0.2, 0) is 4.79 Å². The van der Waals surface area contributed by atoms with E-state index in [-0.39, 0.29) is 11.8 Å². The fourth-order valence-corrected chi connectivity index (χ4v) is 1.92. The second-order valence-electron chi connectivity index (χ2n) is 4.18. The Kier molecular flexibility index (Phi) is 3.12. The van der Waals surface area contributed by atoms with Crippen LogP contribution in [0.3, 0.4) is 0 Å². The van der Waals surface area contributed by atoms with E-state index in [1.165, 1.54) is 0 Å². The van der Waals surface area contributed by atoms with Crippen molar-refractivity contribution >= 4 is 11.8 Å². The summed E-state index contributed by atoms with van der Waals surface area (Å²) < 4.78 is 0. The topological polar surface area (TPSA) is 69.3 Å². The van der Waals surface area contributed by atoms with Crippen LogP contribution in [0.5, 0.6) is 0 Å². The molecule has 1 aliphatic rings. The van der Waals surface area contributed by atoms with Gasteiger partial charge in [0.1, 0.15) is 11.5 Å². The van der Waals surface area contributed by atoms with Crippen molar-refractivity contribution in [2.75, 3.05) is 26.2 Å². The zero-order valence-electron chi connectivity index (χ0n) is 10.1. The number of amides is 2. The maximum Gasteiger partial charge on any atom is 0.272 e. The highest BCUT2D eigenvalue weighted by atomic mass is 16.2. The Hall–Kier alpha value is -1.85. The number of hydrogen-bond donors (Lipinski definition) is 1. The average molecular weight is 236 g/mol. The third kappa shape index (κ3) is 2.46. The fourth-order valence-electron chi connectivity index (χ4n) is 1.92. The van der Waals surface area contributed by atoms with Crippen molar-refractivity contribution in [3.8, 4) is 0 Å². The van der Waals surface area contributed by atoms with Gasteiger partial charge in [-0.05, 0) is 6.92 Å². The van der Waals surface area contributed by atoms with Gasteiger partial charge in [0.15, 0.2) is 0 Å². The molecule has 1 fully saturated rings. The van der Waals surface area contributed by atoms with Gasteiger partial charge < -0.3 is 14.8 Å². The first-order valence-electron chi connectivity index (χ1n) is 5.64. The smallest absolute Gasteiger partial charge is 0.272 e. The van der Waals surface area contributed by atoms with Crippen LogP contribution < -0.4 is 0 Å². The minimum Gasteiger partial charge on any atom is -0.339 e. The first kappa shape index (κ1) is 11.6. The number of aromatic amines is 1. The van der Waals surface area contributed by atoms with Gasteiger partial charge in [-0.25, -0.2) is 4.98 Å². The summed E-state index contributed by atoms with van der Waals surface area (Å²) in [5.74, 6) is 0.749. The highest BCUT2D eigenvalue weighted by Gasteiger charge is 2.23. The van der Waals surface area contributed by atoms with E-state index < -0.39 is 0 Å². The van der Waals surface area contributed by atoms with Crippen molar-refractivity contribution in [1.82, 2.24) is 19.8 Å². The van der Waals surface area contributed by atoms with Crippen LogP contribution in [0.1, 0.15) is 23.2 Å². The third-order valence-corrected chi connectivity index (χ3v) is 2.95. The Morgan fingerprint density at radius 1 is 1.24 bits per heavy atom. The molecule has 6 heteroatoms. The first-order valence-corrected chi connectivity index (χ1v) is 5.64. The van der Waals surface area contributed by atoms with Crippen LogP contribution in [-0.4, -0.2) is 57.8 Å². The highest BCUT2D eigenvalue weighted by molar-refractivity contribution is 5.92. The van der Waals surface area contributed by atoms with Gasteiger partial charge in [0, 0.05) is 33.1 Å². The number of nitrogens with zero attached hydrogens (tertiary/aromatic N) is 3. The lowest BCUT2D eigenvalue weighted by Crippen LogP contribution is -2.50. The summed E-state index contributed by atoms with van der Waals surface area (Å²) in [6, 6.07) is 0. The number of aromatic nitrogens is 2. The van der Waals surface area contributed by atoms with Gasteiger partial charge >= 0.3 is 0 Å². The van der Waals surface area contributed by atoms with E-state index in [0.717, 1.165) is 5.82 Å². The van der Waals surface area contributed by atoms with Gasteiger partial charge in [0.05, 0.1) is 6.20 Å². The molecule has 0 aromatic carbocycles. The van der Waals surface area contributed by atoms with Crippen molar-refractivity contribution < 1.29 is 9.59 Å². The zero-order chi connectivity index (χ0) is 12.4. The molecule has 1 aliphatic heterocycles. The quantitative estimate of drug-likeness (QED) is 0.747. The molecule has 1 N–H and O–H groups in total. The van der Waals surface area contributed by atoms with Gasteiger partial charge in [-0.1, -0.05) is 0 Å². The van der Waals surface area contributed by atoms with E-state index >= 15 is 0 Å². The Balaban J connectivity index is 1.97. The maximum absolute atomic E-state index is 12.0. The molecule has 0 radical (unpaired) electrons. The van der Waals surface area contributed by atoms with Crippen molar-refractivity contribution in [3.05, 3.63) is 17.7 Å². The third-order valence-electron chi connectivity index (χ3n) is 2.95. The van der Waals surface area contributed by atoms with Crippen LogP contribution in [0, 0.1) is 6.92 Å². The molecule has 0 atom stereocenters. The lowest BCUT2D eigenvalue weighted by molar-refractivity contribution is -0.130. The molecule has 0 spiro atoms. The Labute approximate surface area is 99.6 Å². The molecule has 2 rings (SSSR count). The van der Waals surface area contributed by atoms with Crippen molar-refractivity contribution in [1.29, 1.82) is 0 Å². The molecule has 0 unspecified atom stereocenters. The summed E-state index contributed by atoms with van der Waals surface area (Å²) >= 11 is 0. The predicted molar refractivity (Wildman–Crippen MR) is 61.5 cm³/mol. The second-order valence-corrected chi connectivity index (χ2v) is 4.18. The van der Waals surface area contributed by atoms with Crippen LogP contribution in [0.2, 0.25) is 0 Å². The SMILES string of the molecule is CC(=O)N1CCN(C(=O)c2cnc(C)[nH]2)CC1. The van der Waals surface area contributed by atoms with Gasteiger partial charge in [-0.2, -0.15) is 0 Å². The summed E-state index contributed by atoms with van der Waals surface area (Å²) in [7, 11) is 0. The van der Waals surface area contributed by atoms with Gasteiger partial charge in [-0.15, -0.1) is 0 Å². The number of aryl methyl sites for hydroxylation is 1. The summed E-state index contributed by atoms with van der Waals surface area (Å²) in [4.78, 5) is 33.6. The summed E-state index contributed by atoms with van der Waals surface area (Å²) in [5, 5.41) is 0. The Morgan fingerprint density at radius 2 is 1.82 bits per heavy atom. The summed E-state index contributed by atoms with van der Waals surface area (Å²) in [6.07, 6.45) is 1.55. The lowest BCUT2D eigenvalue weighted by Gasteiger charge is -2.33. The zero-order valence-corrected chi connectivity index (χ0v) is 10.1. The Bertz CT molecular complexity index is 432. The molecule has 2 heterocycles. The van der Waals surface area contributed by atoms with Crippen molar-refractivity contribution in [2.45, 2.75) is 13.8 Å². The maximum atomic E-state index is 12.0. The highest BCUT2D eigenvalue weighted by Crippen LogP contribution is 2.07. The van der Waals surface area contributed by atoms with E-state index in [0.29, 0.717) is 31.9 Å². The van der Waals surface area contributed by atoms with Crippen molar-refractivity contribution in [2.24, 2.45) is 0 Å². The summed E-state index contributed by atoms with van der Waals surface area (Å²) in [5.41, 5.74) is 0.513. The van der Waals surface area contributed by atoms with E-state index in [2.05, 4.69) is 9.97 Å². The van der Waals surface area contributed by atoms with Gasteiger partial charge in [0.25, 0.3) is 5.91 Å². The van der Waals surface area contributed by atoms with Crippen LogP contribution in [0.15, 0.2) is 6.20 Å². The molecule has 1 aromatic rings.